The van der Waals surface area contributed by atoms with Gasteiger partial charge in [-0.15, -0.1) is 0 Å². The molecule has 0 spiro atoms. The van der Waals surface area contributed by atoms with Crippen LogP contribution in [0.3, 0.4) is 0 Å². The van der Waals surface area contributed by atoms with Crippen molar-refractivity contribution in [2.45, 2.75) is 0 Å². The van der Waals surface area contributed by atoms with E-state index in [0.717, 1.165) is 0 Å². The van der Waals surface area contributed by atoms with Crippen molar-refractivity contribution in [2.24, 2.45) is 7.05 Å². The lowest BCUT2D eigenvalue weighted by atomic mass is 10.1. The van der Waals surface area contributed by atoms with E-state index in [4.69, 9.17) is 23.2 Å². The number of halogens is 2. The average Bonchev–Trinajstić information content (AvgIpc) is 3.02. The van der Waals surface area contributed by atoms with Crippen LogP contribution in [0.4, 0.5) is 0 Å². The SMILES string of the molecule is Cn1ccc(C(=O)N2CCN(C(=O)c3ccc(Cl)c(Cl)c3)CC2)c1. The molecular formula is C17H17Cl2N3O2. The molecule has 2 aromatic rings. The van der Waals surface area contributed by atoms with Crippen molar-refractivity contribution in [3.63, 3.8) is 0 Å². The first kappa shape index (κ1) is 16.9. The van der Waals surface area contributed by atoms with E-state index in [1.165, 1.54) is 0 Å². The predicted molar refractivity (Wildman–Crippen MR) is 93.7 cm³/mol. The molecule has 1 aromatic carbocycles. The molecule has 1 fully saturated rings. The Morgan fingerprint density at radius 1 is 0.875 bits per heavy atom. The zero-order valence-corrected chi connectivity index (χ0v) is 14.7. The first-order valence-corrected chi connectivity index (χ1v) is 8.37. The second-order valence-electron chi connectivity index (χ2n) is 5.78. The van der Waals surface area contributed by atoms with Crippen molar-refractivity contribution in [3.8, 4) is 0 Å². The van der Waals surface area contributed by atoms with E-state index >= 15 is 0 Å². The number of benzene rings is 1. The molecule has 0 N–H and O–H groups in total. The molecule has 0 bridgehead atoms. The lowest BCUT2D eigenvalue weighted by Gasteiger charge is -2.34. The molecule has 5 nitrogen and oxygen atoms in total. The van der Waals surface area contributed by atoms with Crippen LogP contribution in [0, 0.1) is 0 Å². The summed E-state index contributed by atoms with van der Waals surface area (Å²) in [5.74, 6) is -0.0994. The highest BCUT2D eigenvalue weighted by atomic mass is 35.5. The van der Waals surface area contributed by atoms with E-state index < -0.39 is 0 Å². The maximum atomic E-state index is 12.5. The van der Waals surface area contributed by atoms with Crippen LogP contribution in [0.1, 0.15) is 20.7 Å². The number of carbonyl (C=O) groups excluding carboxylic acids is 2. The van der Waals surface area contributed by atoms with E-state index in [1.54, 1.807) is 40.3 Å². The van der Waals surface area contributed by atoms with Crippen molar-refractivity contribution in [1.29, 1.82) is 0 Å². The predicted octanol–water partition coefficient (Wildman–Crippen LogP) is 2.93. The Morgan fingerprint density at radius 3 is 1.96 bits per heavy atom. The van der Waals surface area contributed by atoms with Crippen molar-refractivity contribution in [2.75, 3.05) is 26.2 Å². The van der Waals surface area contributed by atoms with Crippen molar-refractivity contribution >= 4 is 35.0 Å². The van der Waals surface area contributed by atoms with E-state index in [1.807, 2.05) is 17.8 Å². The van der Waals surface area contributed by atoms with Gasteiger partial charge in [0.1, 0.15) is 0 Å². The first-order valence-electron chi connectivity index (χ1n) is 7.61. The van der Waals surface area contributed by atoms with Crippen LogP contribution >= 0.6 is 23.2 Å². The molecule has 0 atom stereocenters. The molecule has 1 aliphatic rings. The van der Waals surface area contributed by atoms with Crippen LogP contribution in [0.15, 0.2) is 36.7 Å². The smallest absolute Gasteiger partial charge is 0.255 e. The van der Waals surface area contributed by atoms with Gasteiger partial charge in [-0.25, -0.2) is 0 Å². The topological polar surface area (TPSA) is 45.6 Å². The Balaban J connectivity index is 1.63. The number of hydrogen-bond donors (Lipinski definition) is 0. The third kappa shape index (κ3) is 3.42. The molecule has 1 aliphatic heterocycles. The molecule has 0 unspecified atom stereocenters. The van der Waals surface area contributed by atoms with Crippen LogP contribution in [0.5, 0.6) is 0 Å². The molecular weight excluding hydrogens is 349 g/mol. The Kier molecular flexibility index (Phi) is 4.83. The summed E-state index contributed by atoms with van der Waals surface area (Å²) >= 11 is 11.9. The molecule has 7 heteroatoms. The van der Waals surface area contributed by atoms with Gasteiger partial charge in [-0.3, -0.25) is 9.59 Å². The molecule has 3 rings (SSSR count). The lowest BCUT2D eigenvalue weighted by Crippen LogP contribution is -2.50. The third-order valence-electron chi connectivity index (χ3n) is 4.10. The quantitative estimate of drug-likeness (QED) is 0.821. The monoisotopic (exact) mass is 365 g/mol. The number of rotatable bonds is 2. The average molecular weight is 366 g/mol. The van der Waals surface area contributed by atoms with Gasteiger partial charge in [-0.1, -0.05) is 23.2 Å². The van der Waals surface area contributed by atoms with E-state index in [-0.39, 0.29) is 11.8 Å². The van der Waals surface area contributed by atoms with Crippen molar-refractivity contribution < 1.29 is 9.59 Å². The molecule has 0 saturated carbocycles. The Labute approximate surface area is 150 Å². The zero-order chi connectivity index (χ0) is 17.3. The number of carbonyl (C=O) groups is 2. The van der Waals surface area contributed by atoms with Gasteiger partial charge >= 0.3 is 0 Å². The second-order valence-corrected chi connectivity index (χ2v) is 6.59. The number of hydrogen-bond acceptors (Lipinski definition) is 2. The minimum Gasteiger partial charge on any atom is -0.356 e. The minimum absolute atomic E-state index is 0.00256. The normalized spacial score (nSPS) is 14.8. The molecule has 1 saturated heterocycles. The van der Waals surface area contributed by atoms with E-state index in [0.29, 0.717) is 47.4 Å². The van der Waals surface area contributed by atoms with Crippen LogP contribution in [-0.4, -0.2) is 52.4 Å². The maximum Gasteiger partial charge on any atom is 0.255 e. The van der Waals surface area contributed by atoms with Gasteiger partial charge in [0, 0.05) is 51.2 Å². The molecule has 0 aliphatic carbocycles. The Bertz CT molecular complexity index is 780. The highest BCUT2D eigenvalue weighted by molar-refractivity contribution is 6.42. The lowest BCUT2D eigenvalue weighted by molar-refractivity contribution is 0.0535. The number of aromatic nitrogens is 1. The Morgan fingerprint density at radius 2 is 1.46 bits per heavy atom. The number of amides is 2. The van der Waals surface area contributed by atoms with E-state index in [2.05, 4.69) is 0 Å². The standard InChI is InChI=1S/C17H17Cl2N3O2/c1-20-5-4-13(11-20)17(24)22-8-6-21(7-9-22)16(23)12-2-3-14(18)15(19)10-12/h2-5,10-11H,6-9H2,1H3. The third-order valence-corrected chi connectivity index (χ3v) is 4.84. The van der Waals surface area contributed by atoms with Crippen molar-refractivity contribution in [3.05, 3.63) is 57.8 Å². The summed E-state index contributed by atoms with van der Waals surface area (Å²) in [4.78, 5) is 28.5. The highest BCUT2D eigenvalue weighted by Gasteiger charge is 2.26. The fourth-order valence-electron chi connectivity index (χ4n) is 2.74. The van der Waals surface area contributed by atoms with Gasteiger partial charge in [-0.2, -0.15) is 0 Å². The summed E-state index contributed by atoms with van der Waals surface area (Å²) in [5.41, 5.74) is 1.17. The fourth-order valence-corrected chi connectivity index (χ4v) is 3.03. The van der Waals surface area contributed by atoms with Gasteiger partial charge in [0.05, 0.1) is 15.6 Å². The molecule has 1 aromatic heterocycles. The van der Waals surface area contributed by atoms with Gasteiger partial charge in [0.25, 0.3) is 11.8 Å². The largest absolute Gasteiger partial charge is 0.356 e. The second kappa shape index (κ2) is 6.87. The maximum absolute atomic E-state index is 12.5. The fraction of sp³-hybridized carbons (Fsp3) is 0.294. The van der Waals surface area contributed by atoms with E-state index in [9.17, 15) is 9.59 Å². The summed E-state index contributed by atoms with van der Waals surface area (Å²) in [6, 6.07) is 6.66. The van der Waals surface area contributed by atoms with Gasteiger partial charge < -0.3 is 14.4 Å². The summed E-state index contributed by atoms with van der Waals surface area (Å²) in [5, 5.41) is 0.784. The summed E-state index contributed by atoms with van der Waals surface area (Å²) < 4.78 is 1.84. The molecule has 2 amide bonds. The van der Waals surface area contributed by atoms with Gasteiger partial charge in [-0.05, 0) is 24.3 Å². The van der Waals surface area contributed by atoms with Gasteiger partial charge in [0.2, 0.25) is 0 Å². The summed E-state index contributed by atoms with van der Waals surface area (Å²) in [6.45, 7) is 2.02. The number of piperazine rings is 1. The summed E-state index contributed by atoms with van der Waals surface area (Å²) in [6.07, 6.45) is 3.65. The zero-order valence-electron chi connectivity index (χ0n) is 13.2. The van der Waals surface area contributed by atoms with Crippen molar-refractivity contribution in [1.82, 2.24) is 14.4 Å². The molecule has 0 radical (unpaired) electrons. The first-order chi connectivity index (χ1) is 11.5. The summed E-state index contributed by atoms with van der Waals surface area (Å²) in [7, 11) is 1.88. The van der Waals surface area contributed by atoms with Crippen LogP contribution in [-0.2, 0) is 7.05 Å². The Hall–Kier alpha value is -1.98. The molecule has 24 heavy (non-hydrogen) atoms. The van der Waals surface area contributed by atoms with Gasteiger partial charge in [0.15, 0.2) is 0 Å². The van der Waals surface area contributed by atoms with Crippen LogP contribution in [0.25, 0.3) is 0 Å². The van der Waals surface area contributed by atoms with Crippen LogP contribution < -0.4 is 0 Å². The minimum atomic E-state index is -0.0969. The molecule has 126 valence electrons. The van der Waals surface area contributed by atoms with Crippen LogP contribution in [0.2, 0.25) is 10.0 Å². The highest BCUT2D eigenvalue weighted by Crippen LogP contribution is 2.23. The molecule has 2 heterocycles. The number of aryl methyl sites for hydroxylation is 1. The number of nitrogens with zero attached hydrogens (tertiary/aromatic N) is 3.